The van der Waals surface area contributed by atoms with Crippen LogP contribution < -0.4 is 0 Å². The third kappa shape index (κ3) is 3.39. The third-order valence-corrected chi connectivity index (χ3v) is 0.398. The fraction of sp³-hybridized carbons (Fsp3) is 0.250. The molecular weight excluding hydrogens is 121 g/mol. The summed E-state index contributed by atoms with van der Waals surface area (Å²) in [5.74, 6) is -1.43. The van der Waals surface area contributed by atoms with E-state index in [1.54, 1.807) is 0 Å². The molecule has 0 N–H and O–H groups in total. The molecule has 0 unspecified atom stereocenters. The number of hydrogen-bond acceptors (Lipinski definition) is 1. The topological polar surface area (TPSA) is 17.1 Å². The van der Waals surface area contributed by atoms with Crippen molar-refractivity contribution in [1.82, 2.24) is 0 Å². The summed E-state index contributed by atoms with van der Waals surface area (Å²) in [5.41, 5.74) is 0. The highest BCUT2D eigenvalue weighted by Crippen LogP contribution is 1.99. The van der Waals surface area contributed by atoms with E-state index in [1.165, 1.54) is 0 Å². The molecule has 8 heavy (non-hydrogen) atoms. The molecule has 0 aliphatic heterocycles. The summed E-state index contributed by atoms with van der Waals surface area (Å²) in [5, 5.41) is 0. The Labute approximate surface area is 43.8 Å². The van der Waals surface area contributed by atoms with E-state index in [9.17, 15) is 18.0 Å². The summed E-state index contributed by atoms with van der Waals surface area (Å²) in [4.78, 5) is 9.26. The van der Waals surface area contributed by atoms with Gasteiger partial charge in [0.25, 0.3) is 6.43 Å². The monoisotopic (exact) mass is 124 g/mol. The Bertz CT molecular complexity index is 108. The van der Waals surface area contributed by atoms with Crippen LogP contribution in [0.2, 0.25) is 0 Å². The Balaban J connectivity index is 3.74. The summed E-state index contributed by atoms with van der Waals surface area (Å²) in [6.07, 6.45) is -3.22. The maximum absolute atomic E-state index is 11.4. The number of alkyl halides is 2. The van der Waals surface area contributed by atoms with Gasteiger partial charge in [-0.25, -0.2) is 13.2 Å². The van der Waals surface area contributed by atoms with Crippen molar-refractivity contribution in [3.63, 3.8) is 0 Å². The molecule has 0 aromatic heterocycles. The standard InChI is InChI=1S/C4H3F3O/c5-3(2-8)1-4(6)7/h1-2,4H/b3-1-. The van der Waals surface area contributed by atoms with Gasteiger partial charge in [-0.3, -0.25) is 4.79 Å². The molecule has 0 saturated heterocycles. The lowest BCUT2D eigenvalue weighted by Crippen LogP contribution is -1.84. The Morgan fingerprint density at radius 3 is 2.12 bits per heavy atom. The molecule has 0 spiro atoms. The summed E-state index contributed by atoms with van der Waals surface area (Å²) in [6, 6.07) is 0. The van der Waals surface area contributed by atoms with Crippen molar-refractivity contribution >= 4 is 6.29 Å². The number of carbonyl (C=O) groups excluding carboxylic acids is 1. The molecule has 0 rings (SSSR count). The fourth-order valence-corrected chi connectivity index (χ4v) is 0.160. The van der Waals surface area contributed by atoms with Gasteiger partial charge in [0.15, 0.2) is 12.1 Å². The van der Waals surface area contributed by atoms with Crippen LogP contribution >= 0.6 is 0 Å². The molecule has 0 heterocycles. The van der Waals surface area contributed by atoms with Crippen molar-refractivity contribution in [2.45, 2.75) is 6.43 Å². The van der Waals surface area contributed by atoms with Crippen molar-refractivity contribution in [3.05, 3.63) is 11.9 Å². The van der Waals surface area contributed by atoms with Gasteiger partial charge in [-0.15, -0.1) is 0 Å². The zero-order chi connectivity index (χ0) is 6.57. The lowest BCUT2D eigenvalue weighted by atomic mass is 10.5. The summed E-state index contributed by atoms with van der Waals surface area (Å²) < 4.78 is 33.4. The van der Waals surface area contributed by atoms with Gasteiger partial charge in [-0.05, 0) is 0 Å². The van der Waals surface area contributed by atoms with Gasteiger partial charge < -0.3 is 0 Å². The van der Waals surface area contributed by atoms with Crippen LogP contribution in [0.3, 0.4) is 0 Å². The van der Waals surface area contributed by atoms with Crippen LogP contribution in [-0.2, 0) is 4.79 Å². The lowest BCUT2D eigenvalue weighted by molar-refractivity contribution is -0.106. The SMILES string of the molecule is O=C/C(F)=C/C(F)F. The highest BCUT2D eigenvalue weighted by atomic mass is 19.3. The highest BCUT2D eigenvalue weighted by Gasteiger charge is 1.98. The van der Waals surface area contributed by atoms with Crippen LogP contribution in [0.1, 0.15) is 0 Å². The van der Waals surface area contributed by atoms with Gasteiger partial charge in [0.05, 0.1) is 0 Å². The second kappa shape index (κ2) is 3.23. The second-order valence-corrected chi connectivity index (χ2v) is 1.00. The Morgan fingerprint density at radius 2 is 2.00 bits per heavy atom. The smallest absolute Gasteiger partial charge is 0.260 e. The summed E-state index contributed by atoms with van der Waals surface area (Å²) in [7, 11) is 0. The number of aldehydes is 1. The maximum Gasteiger partial charge on any atom is 0.260 e. The van der Waals surface area contributed by atoms with E-state index in [1.807, 2.05) is 0 Å². The van der Waals surface area contributed by atoms with Crippen molar-refractivity contribution in [1.29, 1.82) is 0 Å². The van der Waals surface area contributed by atoms with Crippen LogP contribution in [0.15, 0.2) is 11.9 Å². The van der Waals surface area contributed by atoms with Crippen molar-refractivity contribution < 1.29 is 18.0 Å². The average molecular weight is 124 g/mol. The van der Waals surface area contributed by atoms with E-state index >= 15 is 0 Å². The van der Waals surface area contributed by atoms with Crippen molar-refractivity contribution in [2.24, 2.45) is 0 Å². The Kier molecular flexibility index (Phi) is 2.91. The predicted molar refractivity (Wildman–Crippen MR) is 21.3 cm³/mol. The van der Waals surface area contributed by atoms with E-state index < -0.39 is 12.3 Å². The normalized spacial score (nSPS) is 12.2. The predicted octanol–water partition coefficient (Wildman–Crippen LogP) is 1.30. The Hall–Kier alpha value is -0.800. The first-order chi connectivity index (χ1) is 3.66. The van der Waals surface area contributed by atoms with Gasteiger partial charge >= 0.3 is 0 Å². The zero-order valence-corrected chi connectivity index (χ0v) is 3.77. The largest absolute Gasteiger partial charge is 0.295 e. The summed E-state index contributed by atoms with van der Waals surface area (Å²) >= 11 is 0. The number of halogens is 3. The van der Waals surface area contributed by atoms with Gasteiger partial charge in [-0.1, -0.05) is 0 Å². The lowest BCUT2D eigenvalue weighted by Gasteiger charge is -1.82. The van der Waals surface area contributed by atoms with Gasteiger partial charge in [0.1, 0.15) is 0 Å². The zero-order valence-electron chi connectivity index (χ0n) is 3.77. The molecule has 0 aliphatic rings. The molecule has 1 nitrogen and oxygen atoms in total. The quantitative estimate of drug-likeness (QED) is 0.400. The molecule has 0 atom stereocenters. The molecule has 0 aromatic rings. The van der Waals surface area contributed by atoms with E-state index in [4.69, 9.17) is 0 Å². The summed E-state index contributed by atoms with van der Waals surface area (Å²) in [6.45, 7) is 0. The van der Waals surface area contributed by atoms with Gasteiger partial charge in [0.2, 0.25) is 0 Å². The number of carbonyl (C=O) groups is 1. The van der Waals surface area contributed by atoms with Crippen LogP contribution in [-0.4, -0.2) is 12.7 Å². The van der Waals surface area contributed by atoms with Crippen LogP contribution in [0.5, 0.6) is 0 Å². The molecule has 0 aliphatic carbocycles. The van der Waals surface area contributed by atoms with E-state index in [2.05, 4.69) is 0 Å². The minimum absolute atomic E-state index is 0.0625. The van der Waals surface area contributed by atoms with Crippen molar-refractivity contribution in [2.75, 3.05) is 0 Å². The van der Waals surface area contributed by atoms with E-state index in [0.29, 0.717) is 0 Å². The first kappa shape index (κ1) is 7.20. The van der Waals surface area contributed by atoms with Crippen LogP contribution in [0.4, 0.5) is 13.2 Å². The number of rotatable bonds is 2. The van der Waals surface area contributed by atoms with Gasteiger partial charge in [0, 0.05) is 6.08 Å². The first-order valence-electron chi connectivity index (χ1n) is 1.77. The minimum Gasteiger partial charge on any atom is -0.295 e. The molecule has 0 bridgehead atoms. The van der Waals surface area contributed by atoms with E-state index in [-0.39, 0.29) is 12.4 Å². The molecule has 0 aromatic carbocycles. The molecule has 0 amide bonds. The van der Waals surface area contributed by atoms with Crippen LogP contribution in [0.25, 0.3) is 0 Å². The number of hydrogen-bond donors (Lipinski definition) is 0. The van der Waals surface area contributed by atoms with Crippen LogP contribution in [0, 0.1) is 0 Å². The molecule has 0 saturated carbocycles. The first-order valence-corrected chi connectivity index (χ1v) is 1.77. The maximum atomic E-state index is 11.4. The van der Waals surface area contributed by atoms with Crippen molar-refractivity contribution in [3.8, 4) is 0 Å². The minimum atomic E-state index is -2.89. The second-order valence-electron chi connectivity index (χ2n) is 1.00. The third-order valence-electron chi connectivity index (χ3n) is 0.398. The molecule has 4 heteroatoms. The fourth-order valence-electron chi connectivity index (χ4n) is 0.160. The van der Waals surface area contributed by atoms with Gasteiger partial charge in [-0.2, -0.15) is 0 Å². The van der Waals surface area contributed by atoms with E-state index in [0.717, 1.165) is 0 Å². The number of allylic oxidation sites excluding steroid dienone is 2. The molecular formula is C4H3F3O. The molecule has 0 radical (unpaired) electrons. The average Bonchev–Trinajstić information content (AvgIpc) is 1.65. The molecule has 0 fully saturated rings. The molecule has 46 valence electrons. The Morgan fingerprint density at radius 1 is 1.50 bits per heavy atom. The highest BCUT2D eigenvalue weighted by molar-refractivity contribution is 5.69.